The van der Waals surface area contributed by atoms with Gasteiger partial charge in [-0.25, -0.2) is 0 Å². The van der Waals surface area contributed by atoms with Gasteiger partial charge >= 0.3 is 0 Å². The van der Waals surface area contributed by atoms with Gasteiger partial charge in [-0.05, 0) is 24.3 Å². The van der Waals surface area contributed by atoms with Crippen molar-refractivity contribution >= 4 is 5.91 Å². The van der Waals surface area contributed by atoms with E-state index in [2.05, 4.69) is 15.5 Å². The van der Waals surface area contributed by atoms with Crippen LogP contribution in [0, 0.1) is 5.92 Å². The first kappa shape index (κ1) is 15.0. The normalized spacial score (nSPS) is 10.7. The molecule has 0 unspecified atom stereocenters. The minimum Gasteiger partial charge on any atom is -0.497 e. The largest absolute Gasteiger partial charge is 0.497 e. The number of carbonyl (C=O) groups is 1. The van der Waals surface area contributed by atoms with E-state index in [0.29, 0.717) is 24.7 Å². The number of hydrogen-bond donors (Lipinski definition) is 1. The number of hydrogen-bond acceptors (Lipinski definition) is 5. The zero-order valence-corrected chi connectivity index (χ0v) is 12.4. The van der Waals surface area contributed by atoms with Gasteiger partial charge in [0, 0.05) is 24.4 Å². The van der Waals surface area contributed by atoms with Crippen molar-refractivity contribution < 1.29 is 13.9 Å². The Bertz CT molecular complexity index is 590. The van der Waals surface area contributed by atoms with Gasteiger partial charge in [-0.3, -0.25) is 4.79 Å². The molecule has 0 saturated carbocycles. The molecule has 6 nitrogen and oxygen atoms in total. The van der Waals surface area contributed by atoms with Crippen LogP contribution in [0.4, 0.5) is 0 Å². The number of ether oxygens (including phenoxy) is 1. The lowest BCUT2D eigenvalue weighted by Gasteiger charge is -2.05. The molecule has 1 aromatic heterocycles. The van der Waals surface area contributed by atoms with E-state index in [1.807, 2.05) is 38.1 Å². The topological polar surface area (TPSA) is 77.3 Å². The first-order valence-electron chi connectivity index (χ1n) is 6.84. The highest BCUT2D eigenvalue weighted by molar-refractivity contribution is 5.77. The standard InChI is InChI=1S/C15H19N3O3/c1-10(2)14(19)16-9-8-13-17-18-15(21-13)11-4-6-12(20-3)7-5-11/h4-7,10H,8-9H2,1-3H3,(H,16,19). The highest BCUT2D eigenvalue weighted by atomic mass is 16.5. The van der Waals surface area contributed by atoms with Gasteiger partial charge in [0.05, 0.1) is 7.11 Å². The number of nitrogens with zero attached hydrogens (tertiary/aromatic N) is 2. The van der Waals surface area contributed by atoms with Crippen LogP contribution in [-0.4, -0.2) is 29.8 Å². The Morgan fingerprint density at radius 3 is 2.62 bits per heavy atom. The molecular formula is C15H19N3O3. The van der Waals surface area contributed by atoms with E-state index in [9.17, 15) is 4.79 Å². The number of carbonyl (C=O) groups excluding carboxylic acids is 1. The van der Waals surface area contributed by atoms with Crippen molar-refractivity contribution in [3.63, 3.8) is 0 Å². The summed E-state index contributed by atoms with van der Waals surface area (Å²) in [5, 5.41) is 10.8. The maximum atomic E-state index is 11.4. The Balaban J connectivity index is 1.93. The molecule has 1 N–H and O–H groups in total. The van der Waals surface area contributed by atoms with Gasteiger partial charge in [-0.2, -0.15) is 0 Å². The van der Waals surface area contributed by atoms with E-state index >= 15 is 0 Å². The smallest absolute Gasteiger partial charge is 0.247 e. The highest BCUT2D eigenvalue weighted by Gasteiger charge is 2.10. The molecule has 0 bridgehead atoms. The quantitative estimate of drug-likeness (QED) is 0.880. The van der Waals surface area contributed by atoms with Crippen molar-refractivity contribution in [2.75, 3.05) is 13.7 Å². The van der Waals surface area contributed by atoms with Gasteiger partial charge in [0.15, 0.2) is 0 Å². The van der Waals surface area contributed by atoms with E-state index in [-0.39, 0.29) is 11.8 Å². The van der Waals surface area contributed by atoms with Crippen LogP contribution in [0.5, 0.6) is 5.75 Å². The lowest BCUT2D eigenvalue weighted by Crippen LogP contribution is -2.29. The second-order valence-corrected chi connectivity index (χ2v) is 4.93. The van der Waals surface area contributed by atoms with Crippen LogP contribution in [0.2, 0.25) is 0 Å². The number of rotatable bonds is 6. The SMILES string of the molecule is COc1ccc(-c2nnc(CCNC(=O)C(C)C)o2)cc1. The van der Waals surface area contributed by atoms with Crippen LogP contribution in [0.1, 0.15) is 19.7 Å². The van der Waals surface area contributed by atoms with Crippen molar-refractivity contribution in [3.8, 4) is 17.2 Å². The van der Waals surface area contributed by atoms with E-state index < -0.39 is 0 Å². The first-order valence-corrected chi connectivity index (χ1v) is 6.84. The first-order chi connectivity index (χ1) is 10.1. The van der Waals surface area contributed by atoms with Crippen LogP contribution >= 0.6 is 0 Å². The van der Waals surface area contributed by atoms with Crippen LogP contribution in [0.3, 0.4) is 0 Å². The summed E-state index contributed by atoms with van der Waals surface area (Å²) in [6.07, 6.45) is 0.515. The Hall–Kier alpha value is -2.37. The van der Waals surface area contributed by atoms with Crippen molar-refractivity contribution in [1.29, 1.82) is 0 Å². The number of benzene rings is 1. The molecule has 0 aliphatic carbocycles. The average molecular weight is 289 g/mol. The molecule has 21 heavy (non-hydrogen) atoms. The molecule has 1 amide bonds. The summed E-state index contributed by atoms with van der Waals surface area (Å²) in [4.78, 5) is 11.4. The second kappa shape index (κ2) is 6.88. The third-order valence-electron chi connectivity index (χ3n) is 2.97. The number of methoxy groups -OCH3 is 1. The van der Waals surface area contributed by atoms with Crippen LogP contribution in [-0.2, 0) is 11.2 Å². The molecule has 0 aliphatic rings. The molecule has 0 saturated heterocycles. The van der Waals surface area contributed by atoms with Gasteiger partial charge < -0.3 is 14.5 Å². The molecule has 2 aromatic rings. The maximum Gasteiger partial charge on any atom is 0.247 e. The summed E-state index contributed by atoms with van der Waals surface area (Å²) in [6, 6.07) is 7.39. The zero-order valence-electron chi connectivity index (χ0n) is 12.4. The summed E-state index contributed by atoms with van der Waals surface area (Å²) >= 11 is 0. The van der Waals surface area contributed by atoms with Gasteiger partial charge in [0.1, 0.15) is 5.75 Å². The highest BCUT2D eigenvalue weighted by Crippen LogP contribution is 2.21. The third-order valence-corrected chi connectivity index (χ3v) is 2.97. The molecule has 1 heterocycles. The molecule has 6 heteroatoms. The minimum absolute atomic E-state index is 0.0184. The van der Waals surface area contributed by atoms with Crippen molar-refractivity contribution in [3.05, 3.63) is 30.2 Å². The monoisotopic (exact) mass is 289 g/mol. The average Bonchev–Trinajstić information content (AvgIpc) is 2.96. The third kappa shape index (κ3) is 4.05. The van der Waals surface area contributed by atoms with E-state index in [0.717, 1.165) is 11.3 Å². The van der Waals surface area contributed by atoms with E-state index in [1.54, 1.807) is 7.11 Å². The number of nitrogens with one attached hydrogen (secondary N) is 1. The number of aromatic nitrogens is 2. The van der Waals surface area contributed by atoms with Gasteiger partial charge in [0.2, 0.25) is 17.7 Å². The molecule has 0 fully saturated rings. The Morgan fingerprint density at radius 1 is 1.29 bits per heavy atom. The summed E-state index contributed by atoms with van der Waals surface area (Å²) < 4.78 is 10.7. The Kier molecular flexibility index (Phi) is 4.92. The van der Waals surface area contributed by atoms with Gasteiger partial charge in [-0.15, -0.1) is 10.2 Å². The summed E-state index contributed by atoms with van der Waals surface area (Å²) in [5.74, 6) is 1.73. The molecule has 0 spiro atoms. The predicted octanol–water partition coefficient (Wildman–Crippen LogP) is 2.06. The fraction of sp³-hybridized carbons (Fsp3) is 0.400. The van der Waals surface area contributed by atoms with Gasteiger partial charge in [0.25, 0.3) is 0 Å². The summed E-state index contributed by atoms with van der Waals surface area (Å²) in [6.45, 7) is 4.19. The van der Waals surface area contributed by atoms with Crippen LogP contribution in [0.25, 0.3) is 11.5 Å². The van der Waals surface area contributed by atoms with Crippen LogP contribution < -0.4 is 10.1 Å². The van der Waals surface area contributed by atoms with Crippen molar-refractivity contribution in [2.24, 2.45) is 5.92 Å². The molecular weight excluding hydrogens is 270 g/mol. The maximum absolute atomic E-state index is 11.4. The second-order valence-electron chi connectivity index (χ2n) is 4.93. The molecule has 112 valence electrons. The van der Waals surface area contributed by atoms with Crippen LogP contribution in [0.15, 0.2) is 28.7 Å². The molecule has 0 atom stereocenters. The van der Waals surface area contributed by atoms with E-state index in [4.69, 9.17) is 9.15 Å². The van der Waals surface area contributed by atoms with Crippen molar-refractivity contribution in [2.45, 2.75) is 20.3 Å². The van der Waals surface area contributed by atoms with Crippen molar-refractivity contribution in [1.82, 2.24) is 15.5 Å². The molecule has 1 aromatic carbocycles. The lowest BCUT2D eigenvalue weighted by molar-refractivity contribution is -0.123. The summed E-state index contributed by atoms with van der Waals surface area (Å²) in [5.41, 5.74) is 0.834. The summed E-state index contributed by atoms with van der Waals surface area (Å²) in [7, 11) is 1.62. The molecule has 0 aliphatic heterocycles. The Morgan fingerprint density at radius 2 is 2.00 bits per heavy atom. The zero-order chi connectivity index (χ0) is 15.2. The fourth-order valence-corrected chi connectivity index (χ4v) is 1.70. The predicted molar refractivity (Wildman–Crippen MR) is 77.8 cm³/mol. The molecule has 2 rings (SSSR count). The lowest BCUT2D eigenvalue weighted by atomic mass is 10.2. The fourth-order valence-electron chi connectivity index (χ4n) is 1.70. The number of amides is 1. The Labute approximate surface area is 123 Å². The van der Waals surface area contributed by atoms with E-state index in [1.165, 1.54) is 0 Å². The minimum atomic E-state index is -0.0254. The van der Waals surface area contributed by atoms with Gasteiger partial charge in [-0.1, -0.05) is 13.8 Å². The molecule has 0 radical (unpaired) electrons.